The standard InChI is InChI=1S/C12H17N3O4S/c13-10-6-5-9(7-10)8-14-20(18,19)12-4-2-1-3-11(12)15(16)17/h1-4,9-10,14H,5-8,13H2/t9-,10+/m0/s1. The Kier molecular flexibility index (Phi) is 4.36. The Bertz CT molecular complexity index is 602. The molecule has 3 N–H and O–H groups in total. The Morgan fingerprint density at radius 2 is 2.05 bits per heavy atom. The summed E-state index contributed by atoms with van der Waals surface area (Å²) in [6.07, 6.45) is 2.54. The molecule has 1 aromatic rings. The van der Waals surface area contributed by atoms with Crippen LogP contribution < -0.4 is 10.5 Å². The van der Waals surface area contributed by atoms with Gasteiger partial charge in [0.15, 0.2) is 4.90 Å². The lowest BCUT2D eigenvalue weighted by Crippen LogP contribution is -2.29. The maximum Gasteiger partial charge on any atom is 0.289 e. The lowest BCUT2D eigenvalue weighted by Gasteiger charge is -2.11. The van der Waals surface area contributed by atoms with E-state index in [4.69, 9.17) is 5.73 Å². The molecular weight excluding hydrogens is 282 g/mol. The van der Waals surface area contributed by atoms with Crippen LogP contribution in [-0.4, -0.2) is 25.9 Å². The van der Waals surface area contributed by atoms with Crippen molar-refractivity contribution in [2.24, 2.45) is 11.7 Å². The Morgan fingerprint density at radius 1 is 1.35 bits per heavy atom. The van der Waals surface area contributed by atoms with E-state index in [1.54, 1.807) is 0 Å². The number of nitrogens with zero attached hydrogens (tertiary/aromatic N) is 1. The van der Waals surface area contributed by atoms with E-state index in [9.17, 15) is 18.5 Å². The summed E-state index contributed by atoms with van der Waals surface area (Å²) in [5.41, 5.74) is 5.36. The van der Waals surface area contributed by atoms with Crippen LogP contribution in [0.1, 0.15) is 19.3 Å². The monoisotopic (exact) mass is 299 g/mol. The summed E-state index contributed by atoms with van der Waals surface area (Å²) in [5, 5.41) is 10.9. The first kappa shape index (κ1) is 14.9. The molecule has 1 saturated carbocycles. The predicted octanol–water partition coefficient (Wildman–Crippen LogP) is 1.00. The van der Waals surface area contributed by atoms with Crippen molar-refractivity contribution >= 4 is 15.7 Å². The fraction of sp³-hybridized carbons (Fsp3) is 0.500. The van der Waals surface area contributed by atoms with Gasteiger partial charge in [0, 0.05) is 18.7 Å². The van der Waals surface area contributed by atoms with E-state index in [1.165, 1.54) is 24.3 Å². The van der Waals surface area contributed by atoms with Gasteiger partial charge in [0.05, 0.1) is 4.92 Å². The summed E-state index contributed by atoms with van der Waals surface area (Å²) in [4.78, 5) is 9.88. The van der Waals surface area contributed by atoms with Crippen LogP contribution in [0.25, 0.3) is 0 Å². The van der Waals surface area contributed by atoms with E-state index in [0.29, 0.717) is 0 Å². The van der Waals surface area contributed by atoms with Crippen LogP contribution in [0.3, 0.4) is 0 Å². The summed E-state index contributed by atoms with van der Waals surface area (Å²) in [5.74, 6) is 0.197. The number of nitrogens with two attached hydrogens (primary N) is 1. The maximum absolute atomic E-state index is 12.1. The smallest absolute Gasteiger partial charge is 0.289 e. The highest BCUT2D eigenvalue weighted by Gasteiger charge is 2.27. The van der Waals surface area contributed by atoms with E-state index in [2.05, 4.69) is 4.72 Å². The second-order valence-electron chi connectivity index (χ2n) is 5.02. The summed E-state index contributed by atoms with van der Waals surface area (Å²) in [6.45, 7) is 0.266. The van der Waals surface area contributed by atoms with Gasteiger partial charge in [-0.05, 0) is 31.2 Å². The molecule has 0 aromatic heterocycles. The fourth-order valence-electron chi connectivity index (χ4n) is 2.44. The molecule has 110 valence electrons. The Labute approximate surface area is 117 Å². The predicted molar refractivity (Wildman–Crippen MR) is 73.6 cm³/mol. The topological polar surface area (TPSA) is 115 Å². The van der Waals surface area contributed by atoms with Crippen molar-refractivity contribution in [2.75, 3.05) is 6.54 Å². The minimum Gasteiger partial charge on any atom is -0.328 e. The first-order chi connectivity index (χ1) is 9.40. The molecule has 1 fully saturated rings. The third-order valence-corrected chi connectivity index (χ3v) is 4.97. The largest absolute Gasteiger partial charge is 0.328 e. The van der Waals surface area contributed by atoms with Gasteiger partial charge in [-0.3, -0.25) is 10.1 Å². The van der Waals surface area contributed by atoms with E-state index < -0.39 is 20.6 Å². The zero-order chi connectivity index (χ0) is 14.8. The van der Waals surface area contributed by atoms with E-state index in [1.807, 2.05) is 0 Å². The van der Waals surface area contributed by atoms with Crippen molar-refractivity contribution in [2.45, 2.75) is 30.2 Å². The van der Waals surface area contributed by atoms with Gasteiger partial charge in [0.1, 0.15) is 0 Å². The lowest BCUT2D eigenvalue weighted by molar-refractivity contribution is -0.387. The van der Waals surface area contributed by atoms with Crippen LogP contribution in [0.5, 0.6) is 0 Å². The third-order valence-electron chi connectivity index (χ3n) is 3.50. The molecular formula is C12H17N3O4S. The van der Waals surface area contributed by atoms with Crippen LogP contribution in [-0.2, 0) is 10.0 Å². The zero-order valence-electron chi connectivity index (χ0n) is 10.9. The molecule has 1 aliphatic carbocycles. The van der Waals surface area contributed by atoms with Crippen LogP contribution in [0, 0.1) is 16.0 Å². The molecule has 0 amide bonds. The molecule has 2 atom stereocenters. The highest BCUT2D eigenvalue weighted by atomic mass is 32.2. The summed E-state index contributed by atoms with van der Waals surface area (Å²) >= 11 is 0. The average molecular weight is 299 g/mol. The number of nitrogens with one attached hydrogen (secondary N) is 1. The molecule has 0 aliphatic heterocycles. The molecule has 1 aliphatic rings. The molecule has 0 unspecified atom stereocenters. The van der Waals surface area contributed by atoms with Crippen LogP contribution in [0.2, 0.25) is 0 Å². The molecule has 1 aromatic carbocycles. The molecule has 2 rings (SSSR count). The van der Waals surface area contributed by atoms with Crippen LogP contribution >= 0.6 is 0 Å². The van der Waals surface area contributed by atoms with Gasteiger partial charge in [-0.2, -0.15) is 0 Å². The summed E-state index contributed by atoms with van der Waals surface area (Å²) in [7, 11) is -3.87. The Balaban J connectivity index is 2.12. The second kappa shape index (κ2) is 5.86. The molecule has 7 nitrogen and oxygen atoms in total. The van der Waals surface area contributed by atoms with Gasteiger partial charge < -0.3 is 5.73 Å². The molecule has 0 saturated heterocycles. The normalized spacial score (nSPS) is 22.9. The zero-order valence-corrected chi connectivity index (χ0v) is 11.7. The number of hydrogen-bond donors (Lipinski definition) is 2. The molecule has 0 bridgehead atoms. The SMILES string of the molecule is N[C@@H]1CC[C@H](CNS(=O)(=O)c2ccccc2[N+](=O)[O-])C1. The molecule has 0 spiro atoms. The van der Waals surface area contributed by atoms with Crippen molar-refractivity contribution in [3.8, 4) is 0 Å². The number of benzene rings is 1. The van der Waals surface area contributed by atoms with Gasteiger partial charge in [-0.25, -0.2) is 13.1 Å². The van der Waals surface area contributed by atoms with Crippen molar-refractivity contribution in [3.63, 3.8) is 0 Å². The van der Waals surface area contributed by atoms with E-state index in [0.717, 1.165) is 19.3 Å². The molecule has 20 heavy (non-hydrogen) atoms. The van der Waals surface area contributed by atoms with Crippen LogP contribution in [0.15, 0.2) is 29.2 Å². The first-order valence-corrected chi connectivity index (χ1v) is 7.87. The number of rotatable bonds is 5. The van der Waals surface area contributed by atoms with Crippen molar-refractivity contribution in [1.82, 2.24) is 4.72 Å². The van der Waals surface area contributed by atoms with Crippen molar-refractivity contribution < 1.29 is 13.3 Å². The number of para-hydroxylation sites is 1. The number of sulfonamides is 1. The van der Waals surface area contributed by atoms with Gasteiger partial charge in [0.25, 0.3) is 5.69 Å². The van der Waals surface area contributed by atoms with Gasteiger partial charge in [0.2, 0.25) is 10.0 Å². The van der Waals surface area contributed by atoms with Gasteiger partial charge >= 0.3 is 0 Å². The lowest BCUT2D eigenvalue weighted by atomic mass is 10.1. The number of hydrogen-bond acceptors (Lipinski definition) is 5. The fourth-order valence-corrected chi connectivity index (χ4v) is 3.73. The van der Waals surface area contributed by atoms with E-state index in [-0.39, 0.29) is 23.4 Å². The molecule has 0 radical (unpaired) electrons. The average Bonchev–Trinajstić information content (AvgIpc) is 2.82. The van der Waals surface area contributed by atoms with Gasteiger partial charge in [-0.1, -0.05) is 12.1 Å². The Morgan fingerprint density at radius 3 is 2.65 bits per heavy atom. The van der Waals surface area contributed by atoms with Crippen LogP contribution in [0.4, 0.5) is 5.69 Å². The van der Waals surface area contributed by atoms with Crippen molar-refractivity contribution in [3.05, 3.63) is 34.4 Å². The number of nitro groups is 1. The summed E-state index contributed by atoms with van der Waals surface area (Å²) in [6, 6.07) is 5.44. The highest BCUT2D eigenvalue weighted by Crippen LogP contribution is 2.25. The van der Waals surface area contributed by atoms with Crippen molar-refractivity contribution in [1.29, 1.82) is 0 Å². The minimum absolute atomic E-state index is 0.121. The molecule has 8 heteroatoms. The quantitative estimate of drug-likeness (QED) is 0.621. The summed E-state index contributed by atoms with van der Waals surface area (Å²) < 4.78 is 26.7. The second-order valence-corrected chi connectivity index (χ2v) is 6.75. The van der Waals surface area contributed by atoms with Gasteiger partial charge in [-0.15, -0.1) is 0 Å². The minimum atomic E-state index is -3.87. The highest BCUT2D eigenvalue weighted by molar-refractivity contribution is 7.89. The Hall–Kier alpha value is -1.51. The third kappa shape index (κ3) is 3.33. The first-order valence-electron chi connectivity index (χ1n) is 6.39. The maximum atomic E-state index is 12.1. The van der Waals surface area contributed by atoms with E-state index >= 15 is 0 Å². The number of nitro benzene ring substituents is 1. The molecule has 0 heterocycles.